The monoisotopic (exact) mass is 346 g/mol. The molecule has 136 valence electrons. The van der Waals surface area contributed by atoms with Crippen molar-refractivity contribution in [3.63, 3.8) is 0 Å². The van der Waals surface area contributed by atoms with Gasteiger partial charge in [0.1, 0.15) is 11.6 Å². The van der Waals surface area contributed by atoms with E-state index >= 15 is 0 Å². The van der Waals surface area contributed by atoms with Crippen molar-refractivity contribution in [1.29, 1.82) is 0 Å². The van der Waals surface area contributed by atoms with Gasteiger partial charge < -0.3 is 10.0 Å². The third kappa shape index (κ3) is 3.67. The maximum absolute atomic E-state index is 12.9. The average Bonchev–Trinajstić information content (AvgIpc) is 2.73. The summed E-state index contributed by atoms with van der Waals surface area (Å²) in [7, 11) is 0. The Labute approximate surface area is 148 Å². The van der Waals surface area contributed by atoms with Gasteiger partial charge in [-0.1, -0.05) is 43.7 Å². The summed E-state index contributed by atoms with van der Waals surface area (Å²) in [6, 6.07) is 6.58. The van der Waals surface area contributed by atoms with Crippen LogP contribution < -0.4 is 0 Å². The highest BCUT2D eigenvalue weighted by Crippen LogP contribution is 2.31. The zero-order valence-electron chi connectivity index (χ0n) is 15.4. The van der Waals surface area contributed by atoms with Crippen molar-refractivity contribution in [2.75, 3.05) is 0 Å². The predicted octanol–water partition coefficient (Wildman–Crippen LogP) is 3.04. The summed E-state index contributed by atoms with van der Waals surface area (Å²) in [6.07, 6.45) is 0.503. The molecule has 0 spiro atoms. The molecule has 1 aliphatic heterocycles. The first-order valence-corrected chi connectivity index (χ1v) is 8.49. The number of hydrogen-bond acceptors (Lipinski definition) is 3. The van der Waals surface area contributed by atoms with Crippen LogP contribution in [0.15, 0.2) is 24.3 Å². The first kappa shape index (κ1) is 19.0. The van der Waals surface area contributed by atoms with Crippen LogP contribution in [0, 0.1) is 12.8 Å². The SMILES string of the molecule is Cc1ccc(CN2C(=O)N(C(C)(C)C(=O)O)C(=O)C2CC(C)C)cc1. The van der Waals surface area contributed by atoms with E-state index in [9.17, 15) is 19.5 Å². The van der Waals surface area contributed by atoms with E-state index in [0.717, 1.165) is 16.0 Å². The summed E-state index contributed by atoms with van der Waals surface area (Å²) in [5.74, 6) is -1.43. The molecular weight excluding hydrogens is 320 g/mol. The number of carboxylic acids is 1. The van der Waals surface area contributed by atoms with Gasteiger partial charge in [-0.25, -0.2) is 14.5 Å². The molecule has 0 saturated carbocycles. The molecule has 2 rings (SSSR count). The van der Waals surface area contributed by atoms with E-state index in [1.807, 2.05) is 45.0 Å². The summed E-state index contributed by atoms with van der Waals surface area (Å²) < 4.78 is 0. The fraction of sp³-hybridized carbons (Fsp3) is 0.526. The van der Waals surface area contributed by atoms with Gasteiger partial charge in [-0.05, 0) is 38.7 Å². The number of carboxylic acid groups (broad SMARTS) is 1. The van der Waals surface area contributed by atoms with Gasteiger partial charge in [0.2, 0.25) is 0 Å². The molecule has 1 heterocycles. The van der Waals surface area contributed by atoms with Crippen LogP contribution in [0.5, 0.6) is 0 Å². The number of aliphatic carboxylic acids is 1. The largest absolute Gasteiger partial charge is 0.480 e. The van der Waals surface area contributed by atoms with Crippen molar-refractivity contribution in [3.8, 4) is 0 Å². The number of hydrogen-bond donors (Lipinski definition) is 1. The van der Waals surface area contributed by atoms with Crippen LogP contribution in [0.4, 0.5) is 4.79 Å². The Morgan fingerprint density at radius 2 is 1.76 bits per heavy atom. The maximum atomic E-state index is 12.9. The summed E-state index contributed by atoms with van der Waals surface area (Å²) in [5.41, 5.74) is 0.446. The van der Waals surface area contributed by atoms with Crippen LogP contribution in [0.1, 0.15) is 45.2 Å². The Morgan fingerprint density at radius 1 is 1.20 bits per heavy atom. The number of aryl methyl sites for hydroxylation is 1. The lowest BCUT2D eigenvalue weighted by Crippen LogP contribution is -2.53. The summed E-state index contributed by atoms with van der Waals surface area (Å²) in [4.78, 5) is 39.7. The number of carbonyl (C=O) groups excluding carboxylic acids is 2. The summed E-state index contributed by atoms with van der Waals surface area (Å²) in [5, 5.41) is 9.45. The van der Waals surface area contributed by atoms with Crippen molar-refractivity contribution in [2.24, 2.45) is 5.92 Å². The van der Waals surface area contributed by atoms with Crippen molar-refractivity contribution < 1.29 is 19.5 Å². The molecule has 6 nitrogen and oxygen atoms in total. The average molecular weight is 346 g/mol. The normalized spacial score (nSPS) is 18.4. The van der Waals surface area contributed by atoms with E-state index in [2.05, 4.69) is 0 Å². The predicted molar refractivity (Wildman–Crippen MR) is 93.9 cm³/mol. The van der Waals surface area contributed by atoms with Crippen LogP contribution in [0.3, 0.4) is 0 Å². The topological polar surface area (TPSA) is 77.9 Å². The van der Waals surface area contributed by atoms with Crippen molar-refractivity contribution in [2.45, 2.75) is 59.2 Å². The van der Waals surface area contributed by atoms with Gasteiger partial charge in [-0.2, -0.15) is 0 Å². The fourth-order valence-electron chi connectivity index (χ4n) is 2.99. The molecule has 1 saturated heterocycles. The Morgan fingerprint density at radius 3 is 2.24 bits per heavy atom. The van der Waals surface area contributed by atoms with Crippen LogP contribution in [0.2, 0.25) is 0 Å². The molecule has 1 N–H and O–H groups in total. The van der Waals surface area contributed by atoms with Crippen LogP contribution in [-0.2, 0) is 16.1 Å². The zero-order chi connectivity index (χ0) is 18.9. The lowest BCUT2D eigenvalue weighted by molar-refractivity contribution is -0.152. The summed E-state index contributed by atoms with van der Waals surface area (Å²) >= 11 is 0. The Bertz CT molecular complexity index is 679. The number of carbonyl (C=O) groups is 3. The van der Waals surface area contributed by atoms with E-state index in [1.165, 1.54) is 18.7 Å². The van der Waals surface area contributed by atoms with Gasteiger partial charge in [0.25, 0.3) is 5.91 Å². The molecule has 25 heavy (non-hydrogen) atoms. The highest BCUT2D eigenvalue weighted by Gasteiger charge is 2.53. The molecular formula is C19H26N2O4. The van der Waals surface area contributed by atoms with Crippen molar-refractivity contribution >= 4 is 17.9 Å². The number of benzene rings is 1. The molecule has 0 aromatic heterocycles. The molecule has 1 aromatic rings. The van der Waals surface area contributed by atoms with Crippen LogP contribution in [0.25, 0.3) is 0 Å². The minimum absolute atomic E-state index is 0.204. The molecule has 0 bridgehead atoms. The smallest absolute Gasteiger partial charge is 0.329 e. The molecule has 1 atom stereocenters. The van der Waals surface area contributed by atoms with Gasteiger partial charge in [-0.15, -0.1) is 0 Å². The van der Waals surface area contributed by atoms with E-state index in [-0.39, 0.29) is 12.5 Å². The molecule has 1 fully saturated rings. The van der Waals surface area contributed by atoms with E-state index < -0.39 is 29.5 Å². The number of rotatable bonds is 6. The van der Waals surface area contributed by atoms with Gasteiger partial charge in [0.15, 0.2) is 0 Å². The second kappa shape index (κ2) is 6.86. The highest BCUT2D eigenvalue weighted by atomic mass is 16.4. The Balaban J connectivity index is 2.37. The lowest BCUT2D eigenvalue weighted by atomic mass is 10.00. The number of urea groups is 1. The van der Waals surface area contributed by atoms with Gasteiger partial charge in [0.05, 0.1) is 0 Å². The quantitative estimate of drug-likeness (QED) is 0.803. The first-order chi connectivity index (χ1) is 11.6. The molecule has 1 aromatic carbocycles. The van der Waals surface area contributed by atoms with Crippen LogP contribution >= 0.6 is 0 Å². The minimum Gasteiger partial charge on any atom is -0.480 e. The Hall–Kier alpha value is -2.37. The molecule has 0 radical (unpaired) electrons. The van der Waals surface area contributed by atoms with Gasteiger partial charge >= 0.3 is 12.0 Å². The van der Waals surface area contributed by atoms with Crippen LogP contribution in [-0.4, -0.2) is 44.4 Å². The Kier molecular flexibility index (Phi) is 5.20. The summed E-state index contributed by atoms with van der Waals surface area (Å²) in [6.45, 7) is 8.99. The van der Waals surface area contributed by atoms with E-state index in [1.54, 1.807) is 0 Å². The van der Waals surface area contributed by atoms with E-state index in [4.69, 9.17) is 0 Å². The second-order valence-electron chi connectivity index (χ2n) is 7.58. The number of nitrogens with zero attached hydrogens (tertiary/aromatic N) is 2. The molecule has 3 amide bonds. The number of amides is 3. The first-order valence-electron chi connectivity index (χ1n) is 8.49. The fourth-order valence-corrected chi connectivity index (χ4v) is 2.99. The molecule has 1 unspecified atom stereocenters. The lowest BCUT2D eigenvalue weighted by Gasteiger charge is -2.29. The highest BCUT2D eigenvalue weighted by molar-refractivity contribution is 6.07. The second-order valence-corrected chi connectivity index (χ2v) is 7.58. The molecule has 0 aliphatic carbocycles. The standard InChI is InChI=1S/C19H26N2O4/c1-12(2)10-15-16(22)21(19(4,5)17(23)24)18(25)20(15)11-14-8-6-13(3)7-9-14/h6-9,12,15H,10-11H2,1-5H3,(H,23,24). The number of imide groups is 1. The molecule has 1 aliphatic rings. The third-order valence-electron chi connectivity index (χ3n) is 4.57. The third-order valence-corrected chi connectivity index (χ3v) is 4.57. The molecule has 6 heteroatoms. The van der Waals surface area contributed by atoms with Crippen molar-refractivity contribution in [3.05, 3.63) is 35.4 Å². The zero-order valence-corrected chi connectivity index (χ0v) is 15.4. The minimum atomic E-state index is -1.58. The maximum Gasteiger partial charge on any atom is 0.329 e. The van der Waals surface area contributed by atoms with Gasteiger partial charge in [0, 0.05) is 6.54 Å². The van der Waals surface area contributed by atoms with Crippen molar-refractivity contribution in [1.82, 2.24) is 9.80 Å². The van der Waals surface area contributed by atoms with Gasteiger partial charge in [-0.3, -0.25) is 4.79 Å². The van der Waals surface area contributed by atoms with E-state index in [0.29, 0.717) is 6.42 Å².